The third-order valence-corrected chi connectivity index (χ3v) is 2.95. The van der Waals surface area contributed by atoms with Crippen LogP contribution in [0.1, 0.15) is 23.2 Å². The van der Waals surface area contributed by atoms with Crippen molar-refractivity contribution in [3.63, 3.8) is 0 Å². The first kappa shape index (κ1) is 14.1. The van der Waals surface area contributed by atoms with Gasteiger partial charge in [0.1, 0.15) is 4.60 Å². The number of halogens is 1. The van der Waals surface area contributed by atoms with E-state index in [9.17, 15) is 4.79 Å². The number of hydrogen-bond donors (Lipinski definition) is 1. The summed E-state index contributed by atoms with van der Waals surface area (Å²) in [6.45, 7) is 1.75. The second kappa shape index (κ2) is 7.40. The van der Waals surface area contributed by atoms with Gasteiger partial charge in [0.25, 0.3) is 5.91 Å². The first-order valence-corrected chi connectivity index (χ1v) is 6.44. The summed E-state index contributed by atoms with van der Waals surface area (Å²) in [6, 6.07) is 3.51. The molecule has 0 saturated heterocycles. The minimum atomic E-state index is -0.0742. The fourth-order valence-corrected chi connectivity index (χ4v) is 1.84. The average molecular weight is 300 g/mol. The molecule has 0 atom stereocenters. The summed E-state index contributed by atoms with van der Waals surface area (Å²) >= 11 is 3.26. The Balaban J connectivity index is 2.29. The van der Waals surface area contributed by atoms with Gasteiger partial charge in [0.2, 0.25) is 0 Å². The molecular weight excluding hydrogens is 282 g/mol. The molecule has 0 radical (unpaired) electrons. The molecule has 1 heterocycles. The summed E-state index contributed by atoms with van der Waals surface area (Å²) in [4.78, 5) is 17.9. The van der Waals surface area contributed by atoms with E-state index in [1.54, 1.807) is 18.3 Å². The zero-order chi connectivity index (χ0) is 12.7. The Hall–Kier alpha value is -0.940. The van der Waals surface area contributed by atoms with Crippen molar-refractivity contribution in [3.05, 3.63) is 28.5 Å². The van der Waals surface area contributed by atoms with Gasteiger partial charge in [0, 0.05) is 12.7 Å². The van der Waals surface area contributed by atoms with E-state index in [-0.39, 0.29) is 5.91 Å². The van der Waals surface area contributed by atoms with Crippen molar-refractivity contribution in [1.82, 2.24) is 15.2 Å². The van der Waals surface area contributed by atoms with E-state index in [0.717, 1.165) is 19.4 Å². The third kappa shape index (κ3) is 5.28. The van der Waals surface area contributed by atoms with E-state index in [0.29, 0.717) is 16.7 Å². The van der Waals surface area contributed by atoms with Gasteiger partial charge < -0.3 is 10.2 Å². The van der Waals surface area contributed by atoms with Gasteiger partial charge >= 0.3 is 0 Å². The molecule has 0 aliphatic carbocycles. The van der Waals surface area contributed by atoms with Crippen LogP contribution in [0.4, 0.5) is 0 Å². The Bertz CT molecular complexity index is 369. The normalized spacial score (nSPS) is 10.6. The van der Waals surface area contributed by atoms with Gasteiger partial charge in [-0.2, -0.15) is 0 Å². The maximum absolute atomic E-state index is 11.8. The maximum Gasteiger partial charge on any atom is 0.254 e. The van der Waals surface area contributed by atoms with Crippen molar-refractivity contribution in [2.75, 3.05) is 27.2 Å². The number of hydrogen-bond acceptors (Lipinski definition) is 3. The molecule has 1 N–H and O–H groups in total. The first-order valence-electron chi connectivity index (χ1n) is 5.64. The second-order valence-electron chi connectivity index (χ2n) is 4.11. The number of carbonyl (C=O) groups is 1. The van der Waals surface area contributed by atoms with Gasteiger partial charge in [-0.1, -0.05) is 0 Å². The summed E-state index contributed by atoms with van der Waals surface area (Å²) in [6.07, 6.45) is 3.72. The summed E-state index contributed by atoms with van der Waals surface area (Å²) in [5, 5.41) is 2.89. The zero-order valence-electron chi connectivity index (χ0n) is 10.2. The number of unbranched alkanes of at least 4 members (excludes halogenated alkanes) is 1. The Labute approximate surface area is 111 Å². The monoisotopic (exact) mass is 299 g/mol. The van der Waals surface area contributed by atoms with Crippen LogP contribution in [-0.2, 0) is 0 Å². The second-order valence-corrected chi connectivity index (χ2v) is 4.86. The molecule has 0 bridgehead atoms. The van der Waals surface area contributed by atoms with Crippen molar-refractivity contribution in [1.29, 1.82) is 0 Å². The van der Waals surface area contributed by atoms with Gasteiger partial charge in [-0.25, -0.2) is 4.98 Å². The molecule has 0 aliphatic rings. The number of carbonyl (C=O) groups excluding carboxylic acids is 1. The Morgan fingerprint density at radius 1 is 1.47 bits per heavy atom. The number of rotatable bonds is 6. The van der Waals surface area contributed by atoms with Gasteiger partial charge in [0.15, 0.2) is 0 Å². The molecular formula is C12H18BrN3O. The summed E-state index contributed by atoms with van der Waals surface area (Å²) in [7, 11) is 4.09. The fourth-order valence-electron chi connectivity index (χ4n) is 1.41. The minimum absolute atomic E-state index is 0.0742. The van der Waals surface area contributed by atoms with E-state index in [4.69, 9.17) is 0 Å². The highest BCUT2D eigenvalue weighted by Crippen LogP contribution is 2.11. The smallest absolute Gasteiger partial charge is 0.254 e. The molecule has 0 aliphatic heterocycles. The van der Waals surface area contributed by atoms with Gasteiger partial charge in [-0.15, -0.1) is 0 Å². The molecule has 0 saturated carbocycles. The number of nitrogens with one attached hydrogen (secondary N) is 1. The molecule has 0 fully saturated rings. The third-order valence-electron chi connectivity index (χ3n) is 2.32. The van der Waals surface area contributed by atoms with E-state index < -0.39 is 0 Å². The molecule has 1 aromatic heterocycles. The van der Waals surface area contributed by atoms with Crippen LogP contribution in [-0.4, -0.2) is 43.0 Å². The van der Waals surface area contributed by atoms with Crippen LogP contribution in [0.15, 0.2) is 22.9 Å². The first-order chi connectivity index (χ1) is 8.11. The topological polar surface area (TPSA) is 45.2 Å². The quantitative estimate of drug-likeness (QED) is 0.645. The molecule has 0 spiro atoms. The highest BCUT2D eigenvalue weighted by Gasteiger charge is 2.08. The largest absolute Gasteiger partial charge is 0.352 e. The Morgan fingerprint density at radius 2 is 2.24 bits per heavy atom. The maximum atomic E-state index is 11.8. The Morgan fingerprint density at radius 3 is 2.88 bits per heavy atom. The number of aromatic nitrogens is 1. The van der Waals surface area contributed by atoms with Crippen LogP contribution in [0.2, 0.25) is 0 Å². The minimum Gasteiger partial charge on any atom is -0.352 e. The molecule has 1 rings (SSSR count). The predicted molar refractivity (Wildman–Crippen MR) is 72.1 cm³/mol. The average Bonchev–Trinajstić information content (AvgIpc) is 2.28. The van der Waals surface area contributed by atoms with Crippen LogP contribution in [0.5, 0.6) is 0 Å². The van der Waals surface area contributed by atoms with E-state index in [1.165, 1.54) is 0 Å². The molecule has 5 heteroatoms. The van der Waals surface area contributed by atoms with Crippen LogP contribution < -0.4 is 5.32 Å². The Kier molecular flexibility index (Phi) is 6.15. The van der Waals surface area contributed by atoms with E-state index >= 15 is 0 Å². The number of amides is 1. The van der Waals surface area contributed by atoms with Crippen molar-refractivity contribution >= 4 is 21.8 Å². The lowest BCUT2D eigenvalue weighted by Gasteiger charge is -2.09. The highest BCUT2D eigenvalue weighted by molar-refractivity contribution is 9.10. The summed E-state index contributed by atoms with van der Waals surface area (Å²) in [5.74, 6) is -0.0742. The summed E-state index contributed by atoms with van der Waals surface area (Å²) < 4.78 is 0.589. The van der Waals surface area contributed by atoms with Crippen molar-refractivity contribution in [3.8, 4) is 0 Å². The van der Waals surface area contributed by atoms with Crippen LogP contribution in [0.25, 0.3) is 0 Å². The van der Waals surface area contributed by atoms with Crippen LogP contribution in [0, 0.1) is 0 Å². The van der Waals surface area contributed by atoms with Crippen molar-refractivity contribution in [2.45, 2.75) is 12.8 Å². The van der Waals surface area contributed by atoms with Gasteiger partial charge in [0.05, 0.1) is 5.56 Å². The van der Waals surface area contributed by atoms with Crippen molar-refractivity contribution < 1.29 is 4.79 Å². The highest BCUT2D eigenvalue weighted by atomic mass is 79.9. The van der Waals surface area contributed by atoms with Crippen molar-refractivity contribution in [2.24, 2.45) is 0 Å². The molecule has 1 aromatic rings. The van der Waals surface area contributed by atoms with E-state index in [1.807, 2.05) is 14.1 Å². The standard InChI is InChI=1S/C12H18BrN3O/c1-16(2)9-4-3-7-15-12(17)10-6-5-8-14-11(10)13/h5-6,8H,3-4,7,9H2,1-2H3,(H,15,17). The number of pyridine rings is 1. The molecule has 17 heavy (non-hydrogen) atoms. The molecule has 4 nitrogen and oxygen atoms in total. The number of nitrogens with zero attached hydrogens (tertiary/aromatic N) is 2. The lowest BCUT2D eigenvalue weighted by Crippen LogP contribution is -2.25. The molecule has 94 valence electrons. The molecule has 0 unspecified atom stereocenters. The SMILES string of the molecule is CN(C)CCCCNC(=O)c1cccnc1Br. The predicted octanol–water partition coefficient (Wildman–Crippen LogP) is 1.92. The molecule has 0 aromatic carbocycles. The molecule has 1 amide bonds. The van der Waals surface area contributed by atoms with Crippen LogP contribution >= 0.6 is 15.9 Å². The van der Waals surface area contributed by atoms with Crippen LogP contribution in [0.3, 0.4) is 0 Å². The van der Waals surface area contributed by atoms with E-state index in [2.05, 4.69) is 31.1 Å². The lowest BCUT2D eigenvalue weighted by molar-refractivity contribution is 0.0951. The lowest BCUT2D eigenvalue weighted by atomic mass is 10.2. The summed E-state index contributed by atoms with van der Waals surface area (Å²) in [5.41, 5.74) is 0.583. The zero-order valence-corrected chi connectivity index (χ0v) is 11.8. The fraction of sp³-hybridized carbons (Fsp3) is 0.500. The van der Waals surface area contributed by atoms with Gasteiger partial charge in [-0.05, 0) is 61.5 Å². The van der Waals surface area contributed by atoms with Gasteiger partial charge in [-0.3, -0.25) is 4.79 Å².